The molecule has 0 spiro atoms. The third-order valence-corrected chi connectivity index (χ3v) is 6.14. The molecule has 0 saturated heterocycles. The monoisotopic (exact) mass is 279 g/mol. The fourth-order valence-corrected chi connectivity index (χ4v) is 4.67. The van der Waals surface area contributed by atoms with Crippen molar-refractivity contribution in [3.05, 3.63) is 29.3 Å². The van der Waals surface area contributed by atoms with Gasteiger partial charge in [-0.2, -0.15) is 0 Å². The predicted octanol–water partition coefficient (Wildman–Crippen LogP) is 3.33. The first-order chi connectivity index (χ1) is 9.13. The second-order valence-corrected chi connectivity index (χ2v) is 7.29. The van der Waals surface area contributed by atoms with Gasteiger partial charge in [0, 0.05) is 10.9 Å². The van der Waals surface area contributed by atoms with Crippen molar-refractivity contribution in [2.45, 2.75) is 62.1 Å². The SMILES string of the molecule is CNC1CCCCCC1S(=O)c1ccc(C)c(C)c1. The first-order valence-corrected chi connectivity index (χ1v) is 8.50. The van der Waals surface area contributed by atoms with Gasteiger partial charge in [-0.3, -0.25) is 4.21 Å². The molecule has 1 aromatic carbocycles. The van der Waals surface area contributed by atoms with Gasteiger partial charge >= 0.3 is 0 Å². The summed E-state index contributed by atoms with van der Waals surface area (Å²) in [5.74, 6) is 0. The lowest BCUT2D eigenvalue weighted by molar-refractivity contribution is 0.500. The van der Waals surface area contributed by atoms with E-state index in [1.165, 1.54) is 30.4 Å². The molecule has 1 saturated carbocycles. The van der Waals surface area contributed by atoms with Gasteiger partial charge in [0.25, 0.3) is 0 Å². The highest BCUT2D eigenvalue weighted by Crippen LogP contribution is 2.26. The molecule has 0 amide bonds. The lowest BCUT2D eigenvalue weighted by Crippen LogP contribution is -2.39. The Kier molecular flexibility index (Phi) is 5.17. The van der Waals surface area contributed by atoms with Crippen molar-refractivity contribution in [2.75, 3.05) is 7.05 Å². The zero-order valence-electron chi connectivity index (χ0n) is 12.2. The smallest absolute Gasteiger partial charge is 0.0576 e. The van der Waals surface area contributed by atoms with Gasteiger partial charge in [0.15, 0.2) is 0 Å². The molecular formula is C16H25NOS. The summed E-state index contributed by atoms with van der Waals surface area (Å²) in [5.41, 5.74) is 2.51. The van der Waals surface area contributed by atoms with Crippen LogP contribution in [0.4, 0.5) is 0 Å². The van der Waals surface area contributed by atoms with Gasteiger partial charge in [0.1, 0.15) is 0 Å². The molecule has 3 unspecified atom stereocenters. The summed E-state index contributed by atoms with van der Waals surface area (Å²) in [6.07, 6.45) is 5.97. The van der Waals surface area contributed by atoms with Gasteiger partial charge in [0.05, 0.1) is 16.0 Å². The van der Waals surface area contributed by atoms with Crippen LogP contribution in [0, 0.1) is 13.8 Å². The Labute approximate surface area is 119 Å². The number of nitrogens with one attached hydrogen (secondary N) is 1. The molecule has 1 fully saturated rings. The van der Waals surface area contributed by atoms with Crippen LogP contribution in [0.5, 0.6) is 0 Å². The average molecular weight is 279 g/mol. The number of aryl methyl sites for hydroxylation is 2. The van der Waals surface area contributed by atoms with Crippen LogP contribution < -0.4 is 5.32 Å². The Bertz CT molecular complexity index is 458. The van der Waals surface area contributed by atoms with E-state index in [9.17, 15) is 4.21 Å². The summed E-state index contributed by atoms with van der Waals surface area (Å²) in [5, 5.41) is 3.64. The third-order valence-electron chi connectivity index (χ3n) is 4.31. The van der Waals surface area contributed by atoms with Crippen LogP contribution in [0.15, 0.2) is 23.1 Å². The van der Waals surface area contributed by atoms with Crippen molar-refractivity contribution in [1.82, 2.24) is 5.32 Å². The maximum absolute atomic E-state index is 12.9. The van der Waals surface area contributed by atoms with Crippen LogP contribution >= 0.6 is 0 Å². The lowest BCUT2D eigenvalue weighted by atomic mass is 10.1. The summed E-state index contributed by atoms with van der Waals surface area (Å²) in [4.78, 5) is 0.996. The number of hydrogen-bond acceptors (Lipinski definition) is 2. The van der Waals surface area contributed by atoms with Crippen LogP contribution in [0.3, 0.4) is 0 Å². The minimum atomic E-state index is -0.892. The van der Waals surface area contributed by atoms with Crippen LogP contribution in [0.25, 0.3) is 0 Å². The Balaban J connectivity index is 2.22. The van der Waals surface area contributed by atoms with E-state index in [0.717, 1.165) is 17.7 Å². The standard InChI is InChI=1S/C16H25NOS/c1-12-9-10-14(11-13(12)2)19(18)16-8-6-4-5-7-15(16)17-3/h9-11,15-17H,4-8H2,1-3H3. The lowest BCUT2D eigenvalue weighted by Gasteiger charge is -2.24. The second-order valence-electron chi connectivity index (χ2n) is 5.62. The zero-order valence-corrected chi connectivity index (χ0v) is 13.1. The van der Waals surface area contributed by atoms with E-state index >= 15 is 0 Å². The van der Waals surface area contributed by atoms with Crippen LogP contribution in [-0.4, -0.2) is 22.5 Å². The normalized spacial score (nSPS) is 25.8. The number of benzene rings is 1. The third kappa shape index (κ3) is 3.46. The number of rotatable bonds is 3. The first kappa shape index (κ1) is 14.7. The highest BCUT2D eigenvalue weighted by atomic mass is 32.2. The summed E-state index contributed by atoms with van der Waals surface area (Å²) in [6.45, 7) is 4.20. The van der Waals surface area contributed by atoms with Gasteiger partial charge in [-0.05, 0) is 57.0 Å². The molecule has 0 bridgehead atoms. The zero-order chi connectivity index (χ0) is 13.8. The minimum absolute atomic E-state index is 0.259. The van der Waals surface area contributed by atoms with Crippen LogP contribution in [-0.2, 0) is 10.8 Å². The van der Waals surface area contributed by atoms with E-state index in [4.69, 9.17) is 0 Å². The summed E-state index contributed by atoms with van der Waals surface area (Å²) in [6, 6.07) is 6.62. The molecule has 3 heteroatoms. The molecular weight excluding hydrogens is 254 g/mol. The fourth-order valence-electron chi connectivity index (χ4n) is 2.87. The van der Waals surface area contributed by atoms with Gasteiger partial charge in [-0.1, -0.05) is 25.3 Å². The topological polar surface area (TPSA) is 29.1 Å². The maximum Gasteiger partial charge on any atom is 0.0576 e. The fraction of sp³-hybridized carbons (Fsp3) is 0.625. The van der Waals surface area contributed by atoms with E-state index in [1.807, 2.05) is 13.1 Å². The summed E-state index contributed by atoms with van der Waals surface area (Å²) in [7, 11) is 1.11. The number of hydrogen-bond donors (Lipinski definition) is 1. The van der Waals surface area contributed by atoms with Crippen molar-refractivity contribution in [3.63, 3.8) is 0 Å². The molecule has 19 heavy (non-hydrogen) atoms. The van der Waals surface area contributed by atoms with Gasteiger partial charge in [-0.15, -0.1) is 0 Å². The molecule has 1 aliphatic rings. The first-order valence-electron chi connectivity index (χ1n) is 7.28. The Morgan fingerprint density at radius 3 is 2.53 bits per heavy atom. The molecule has 1 aromatic rings. The largest absolute Gasteiger partial charge is 0.316 e. The van der Waals surface area contributed by atoms with E-state index in [-0.39, 0.29) is 5.25 Å². The van der Waals surface area contributed by atoms with Crippen molar-refractivity contribution < 1.29 is 4.21 Å². The molecule has 2 rings (SSSR count). The molecule has 0 aromatic heterocycles. The second kappa shape index (κ2) is 6.67. The highest BCUT2D eigenvalue weighted by molar-refractivity contribution is 7.85. The Hall–Kier alpha value is -0.670. The summed E-state index contributed by atoms with van der Waals surface area (Å²) >= 11 is 0. The van der Waals surface area contributed by atoms with Crippen LogP contribution in [0.1, 0.15) is 43.2 Å². The van der Waals surface area contributed by atoms with Gasteiger partial charge < -0.3 is 5.32 Å². The van der Waals surface area contributed by atoms with Crippen molar-refractivity contribution >= 4 is 10.8 Å². The highest BCUT2D eigenvalue weighted by Gasteiger charge is 2.28. The van der Waals surface area contributed by atoms with Crippen molar-refractivity contribution in [3.8, 4) is 0 Å². The van der Waals surface area contributed by atoms with E-state index in [0.29, 0.717) is 6.04 Å². The Morgan fingerprint density at radius 1 is 1.11 bits per heavy atom. The van der Waals surface area contributed by atoms with Crippen molar-refractivity contribution in [2.24, 2.45) is 0 Å². The Morgan fingerprint density at radius 2 is 1.84 bits per heavy atom. The summed E-state index contributed by atoms with van der Waals surface area (Å²) < 4.78 is 12.9. The maximum atomic E-state index is 12.9. The van der Waals surface area contributed by atoms with Crippen LogP contribution in [0.2, 0.25) is 0 Å². The molecule has 1 aliphatic carbocycles. The van der Waals surface area contributed by atoms with E-state index in [2.05, 4.69) is 31.3 Å². The van der Waals surface area contributed by atoms with E-state index < -0.39 is 10.8 Å². The van der Waals surface area contributed by atoms with Gasteiger partial charge in [0.2, 0.25) is 0 Å². The average Bonchev–Trinajstić information content (AvgIpc) is 2.66. The molecule has 106 valence electrons. The molecule has 0 aliphatic heterocycles. The molecule has 3 atom stereocenters. The van der Waals surface area contributed by atoms with E-state index in [1.54, 1.807) is 0 Å². The molecule has 0 heterocycles. The molecule has 1 N–H and O–H groups in total. The van der Waals surface area contributed by atoms with Crippen molar-refractivity contribution in [1.29, 1.82) is 0 Å². The van der Waals surface area contributed by atoms with Gasteiger partial charge in [-0.25, -0.2) is 0 Å². The molecule has 0 radical (unpaired) electrons. The minimum Gasteiger partial charge on any atom is -0.316 e. The quantitative estimate of drug-likeness (QED) is 0.860. The predicted molar refractivity (Wildman–Crippen MR) is 82.0 cm³/mol. The molecule has 2 nitrogen and oxygen atoms in total.